The maximum Gasteiger partial charge on any atom is 0.261 e. The maximum atomic E-state index is 13.8. The van der Waals surface area contributed by atoms with Gasteiger partial charge in [-0.15, -0.1) is 0 Å². The second kappa shape index (κ2) is 6.45. The molecule has 0 saturated carbocycles. The summed E-state index contributed by atoms with van der Waals surface area (Å²) in [5.74, 6) is -0.777. The molecule has 0 amide bonds. The van der Waals surface area contributed by atoms with Crippen molar-refractivity contribution in [3.63, 3.8) is 0 Å². The second-order valence-corrected chi connectivity index (χ2v) is 7.05. The van der Waals surface area contributed by atoms with Gasteiger partial charge in [0.25, 0.3) is 9.05 Å². The molecule has 0 heterocycles. The van der Waals surface area contributed by atoms with Gasteiger partial charge in [0.05, 0.1) is 4.90 Å². The largest absolute Gasteiger partial charge is 0.486 e. The van der Waals surface area contributed by atoms with E-state index in [4.69, 9.17) is 15.4 Å². The Morgan fingerprint density at radius 1 is 1.10 bits per heavy atom. The van der Waals surface area contributed by atoms with E-state index in [1.54, 1.807) is 0 Å². The molecule has 0 atom stereocenters. The normalized spacial score (nSPS) is 11.4. The zero-order chi connectivity index (χ0) is 15.5. The maximum absolute atomic E-state index is 13.8. The summed E-state index contributed by atoms with van der Waals surface area (Å²) in [5, 5.41) is 0. The molecule has 2 rings (SSSR count). The van der Waals surface area contributed by atoms with Gasteiger partial charge in [0.15, 0.2) is 11.6 Å². The summed E-state index contributed by atoms with van der Waals surface area (Å²) in [5.41, 5.74) is 2.11. The van der Waals surface area contributed by atoms with Crippen molar-refractivity contribution in [2.75, 3.05) is 0 Å². The quantitative estimate of drug-likeness (QED) is 0.782. The van der Waals surface area contributed by atoms with Crippen LogP contribution >= 0.6 is 10.7 Å². The van der Waals surface area contributed by atoms with Gasteiger partial charge in [-0.3, -0.25) is 0 Å². The molecule has 0 aromatic heterocycles. The second-order valence-electron chi connectivity index (χ2n) is 4.49. The minimum Gasteiger partial charge on any atom is -0.486 e. The molecule has 0 bridgehead atoms. The molecule has 0 saturated heterocycles. The highest BCUT2D eigenvalue weighted by Gasteiger charge is 2.13. The van der Waals surface area contributed by atoms with E-state index in [1.807, 2.05) is 24.3 Å². The highest BCUT2D eigenvalue weighted by Crippen LogP contribution is 2.24. The first-order valence-electron chi connectivity index (χ1n) is 6.35. The van der Waals surface area contributed by atoms with E-state index in [0.29, 0.717) is 0 Å². The Hall–Kier alpha value is -1.59. The topological polar surface area (TPSA) is 43.4 Å². The van der Waals surface area contributed by atoms with Crippen molar-refractivity contribution in [1.82, 2.24) is 0 Å². The van der Waals surface area contributed by atoms with Crippen molar-refractivity contribution in [1.29, 1.82) is 0 Å². The molecular formula is C15H14ClFO3S. The monoisotopic (exact) mass is 328 g/mol. The Morgan fingerprint density at radius 3 is 2.24 bits per heavy atom. The van der Waals surface area contributed by atoms with Gasteiger partial charge in [0.1, 0.15) is 6.61 Å². The van der Waals surface area contributed by atoms with Crippen LogP contribution in [0.25, 0.3) is 0 Å². The molecule has 0 N–H and O–H groups in total. The predicted octanol–water partition coefficient (Wildman–Crippen LogP) is 3.89. The summed E-state index contributed by atoms with van der Waals surface area (Å²) < 4.78 is 41.3. The summed E-state index contributed by atoms with van der Waals surface area (Å²) in [7, 11) is 1.21. The van der Waals surface area contributed by atoms with Crippen molar-refractivity contribution in [2.45, 2.75) is 24.8 Å². The number of hydrogen-bond acceptors (Lipinski definition) is 3. The fourth-order valence-electron chi connectivity index (χ4n) is 1.78. The first kappa shape index (κ1) is 15.8. The molecule has 0 radical (unpaired) electrons. The molecule has 112 valence electrons. The van der Waals surface area contributed by atoms with Gasteiger partial charge >= 0.3 is 0 Å². The van der Waals surface area contributed by atoms with Crippen molar-refractivity contribution < 1.29 is 17.5 Å². The SMILES string of the molecule is CCc1ccc(COc2ccc(S(=O)(=O)Cl)cc2F)cc1. The molecule has 0 fully saturated rings. The molecule has 0 unspecified atom stereocenters. The van der Waals surface area contributed by atoms with Crippen LogP contribution in [-0.4, -0.2) is 8.42 Å². The minimum absolute atomic E-state index is 0.0152. The summed E-state index contributed by atoms with van der Waals surface area (Å²) in [4.78, 5) is -0.290. The third-order valence-electron chi connectivity index (χ3n) is 3.01. The Balaban J connectivity index is 2.09. The minimum atomic E-state index is -3.94. The lowest BCUT2D eigenvalue weighted by Gasteiger charge is -2.08. The van der Waals surface area contributed by atoms with E-state index in [1.165, 1.54) is 17.7 Å². The zero-order valence-electron chi connectivity index (χ0n) is 11.3. The van der Waals surface area contributed by atoms with Crippen LogP contribution in [0.4, 0.5) is 4.39 Å². The summed E-state index contributed by atoms with van der Waals surface area (Å²) in [6, 6.07) is 11.1. The number of halogens is 2. The summed E-state index contributed by atoms with van der Waals surface area (Å²) >= 11 is 0. The fourth-order valence-corrected chi connectivity index (χ4v) is 2.55. The standard InChI is InChI=1S/C15H14ClFO3S/c1-2-11-3-5-12(6-4-11)10-20-15-8-7-13(9-14(15)17)21(16,18)19/h3-9H,2,10H2,1H3. The van der Waals surface area contributed by atoms with Crippen LogP contribution in [0.5, 0.6) is 5.75 Å². The van der Waals surface area contributed by atoms with Crippen molar-refractivity contribution in [2.24, 2.45) is 0 Å². The molecule has 0 aliphatic heterocycles. The summed E-state index contributed by atoms with van der Waals surface area (Å²) in [6.07, 6.45) is 0.949. The van der Waals surface area contributed by atoms with E-state index < -0.39 is 14.9 Å². The number of hydrogen-bond donors (Lipinski definition) is 0. The van der Waals surface area contributed by atoms with Crippen LogP contribution < -0.4 is 4.74 Å². The Kier molecular flexibility index (Phi) is 4.85. The molecule has 0 aliphatic carbocycles. The van der Waals surface area contributed by atoms with Gasteiger partial charge in [-0.05, 0) is 35.7 Å². The van der Waals surface area contributed by atoms with Crippen molar-refractivity contribution in [3.8, 4) is 5.75 Å². The average molecular weight is 329 g/mol. The molecule has 0 spiro atoms. The fraction of sp³-hybridized carbons (Fsp3) is 0.200. The van der Waals surface area contributed by atoms with Crippen LogP contribution in [0.15, 0.2) is 47.4 Å². The van der Waals surface area contributed by atoms with E-state index >= 15 is 0 Å². The smallest absolute Gasteiger partial charge is 0.261 e. The van der Waals surface area contributed by atoms with E-state index in [2.05, 4.69) is 6.92 Å². The molecule has 2 aromatic carbocycles. The first-order valence-corrected chi connectivity index (χ1v) is 8.66. The van der Waals surface area contributed by atoms with Crippen LogP contribution in [-0.2, 0) is 22.1 Å². The lowest BCUT2D eigenvalue weighted by atomic mass is 10.1. The van der Waals surface area contributed by atoms with Crippen LogP contribution in [0.1, 0.15) is 18.1 Å². The lowest BCUT2D eigenvalue weighted by Crippen LogP contribution is -1.99. The Morgan fingerprint density at radius 2 is 1.71 bits per heavy atom. The van der Waals surface area contributed by atoms with Gasteiger partial charge in [-0.2, -0.15) is 0 Å². The summed E-state index contributed by atoms with van der Waals surface area (Å²) in [6.45, 7) is 2.27. The van der Waals surface area contributed by atoms with Gasteiger partial charge in [0, 0.05) is 10.7 Å². The van der Waals surface area contributed by atoms with Crippen LogP contribution in [0, 0.1) is 5.82 Å². The highest BCUT2D eigenvalue weighted by molar-refractivity contribution is 8.13. The number of ether oxygens (including phenoxy) is 1. The molecule has 6 heteroatoms. The third kappa shape index (κ3) is 4.19. The first-order chi connectivity index (χ1) is 9.90. The van der Waals surface area contributed by atoms with Crippen molar-refractivity contribution >= 4 is 19.7 Å². The third-order valence-corrected chi connectivity index (χ3v) is 4.36. The van der Waals surface area contributed by atoms with Crippen LogP contribution in [0.2, 0.25) is 0 Å². The Bertz CT molecular complexity index is 727. The van der Waals surface area contributed by atoms with Crippen LogP contribution in [0.3, 0.4) is 0 Å². The van der Waals surface area contributed by atoms with Gasteiger partial charge < -0.3 is 4.74 Å². The molecular weight excluding hydrogens is 315 g/mol. The molecule has 21 heavy (non-hydrogen) atoms. The average Bonchev–Trinajstić information content (AvgIpc) is 2.45. The van der Waals surface area contributed by atoms with Crippen molar-refractivity contribution in [3.05, 3.63) is 59.4 Å². The van der Waals surface area contributed by atoms with E-state index in [0.717, 1.165) is 18.1 Å². The van der Waals surface area contributed by atoms with E-state index in [9.17, 15) is 12.8 Å². The van der Waals surface area contributed by atoms with E-state index in [-0.39, 0.29) is 17.3 Å². The zero-order valence-corrected chi connectivity index (χ0v) is 12.9. The molecule has 0 aliphatic rings. The number of aryl methyl sites for hydroxylation is 1. The predicted molar refractivity (Wildman–Crippen MR) is 79.6 cm³/mol. The molecule has 3 nitrogen and oxygen atoms in total. The lowest BCUT2D eigenvalue weighted by molar-refractivity contribution is 0.290. The Labute approximate surface area is 127 Å². The molecule has 2 aromatic rings. The van der Waals surface area contributed by atoms with Gasteiger partial charge in [-0.25, -0.2) is 12.8 Å². The van der Waals surface area contributed by atoms with Gasteiger partial charge in [-0.1, -0.05) is 31.2 Å². The highest BCUT2D eigenvalue weighted by atomic mass is 35.7. The van der Waals surface area contributed by atoms with Gasteiger partial charge in [0.2, 0.25) is 0 Å². The number of rotatable bonds is 5. The number of benzene rings is 2.